The molecule has 0 amide bonds. The maximum absolute atomic E-state index is 11.2. The van der Waals surface area contributed by atoms with Gasteiger partial charge < -0.3 is 15.2 Å². The molecule has 0 spiro atoms. The molecule has 0 radical (unpaired) electrons. The molecular weight excluding hydrogens is 250 g/mol. The van der Waals surface area contributed by atoms with Gasteiger partial charge >= 0.3 is 5.97 Å². The number of nitrogens with one attached hydrogen (secondary N) is 1. The number of benzene rings is 1. The van der Waals surface area contributed by atoms with Crippen LogP contribution in [0.1, 0.15) is 11.6 Å². The van der Waals surface area contributed by atoms with Crippen molar-refractivity contribution in [2.24, 2.45) is 0 Å². The number of carboxylic acids is 1. The van der Waals surface area contributed by atoms with Crippen LogP contribution in [0.15, 0.2) is 41.1 Å². The lowest BCUT2D eigenvalue weighted by Crippen LogP contribution is -2.19. The lowest BCUT2D eigenvalue weighted by molar-refractivity contribution is -0.138. The molecule has 2 rings (SSSR count). The molecule has 0 aliphatic carbocycles. The second-order valence-corrected chi connectivity index (χ2v) is 4.48. The highest BCUT2D eigenvalue weighted by atomic mass is 32.1. The predicted molar refractivity (Wildman–Crippen MR) is 71.3 cm³/mol. The highest BCUT2D eigenvalue weighted by Crippen LogP contribution is 2.23. The van der Waals surface area contributed by atoms with Crippen molar-refractivity contribution in [3.63, 3.8) is 0 Å². The Morgan fingerprint density at radius 1 is 1.33 bits per heavy atom. The Morgan fingerprint density at radius 2 is 2.06 bits per heavy atom. The summed E-state index contributed by atoms with van der Waals surface area (Å²) < 4.78 is 5.05. The van der Waals surface area contributed by atoms with Crippen molar-refractivity contribution in [1.29, 1.82) is 0 Å². The fourth-order valence-electron chi connectivity index (χ4n) is 1.58. The summed E-state index contributed by atoms with van der Waals surface area (Å²) in [6.45, 7) is 0. The van der Waals surface area contributed by atoms with Crippen molar-refractivity contribution in [2.45, 2.75) is 6.04 Å². The number of hydrogen-bond donors (Lipinski definition) is 2. The fourth-order valence-corrected chi connectivity index (χ4v) is 2.27. The van der Waals surface area contributed by atoms with Gasteiger partial charge in [0.1, 0.15) is 5.75 Å². The maximum Gasteiger partial charge on any atom is 0.330 e. The molecule has 1 atom stereocenters. The Bertz CT molecular complexity index is 508. The van der Waals surface area contributed by atoms with Gasteiger partial charge in [-0.15, -0.1) is 0 Å². The lowest BCUT2D eigenvalue weighted by atomic mass is 10.1. The van der Waals surface area contributed by atoms with Gasteiger partial charge in [0.2, 0.25) is 0 Å². The van der Waals surface area contributed by atoms with E-state index < -0.39 is 12.0 Å². The third-order valence-electron chi connectivity index (χ3n) is 2.52. The van der Waals surface area contributed by atoms with E-state index in [-0.39, 0.29) is 0 Å². The molecular formula is C13H13NO3S. The van der Waals surface area contributed by atoms with E-state index in [9.17, 15) is 9.90 Å². The molecule has 0 aliphatic rings. The third kappa shape index (κ3) is 2.81. The minimum atomic E-state index is -0.899. The van der Waals surface area contributed by atoms with Gasteiger partial charge in [0.05, 0.1) is 7.11 Å². The minimum Gasteiger partial charge on any atom is -0.497 e. The highest BCUT2D eigenvalue weighted by Gasteiger charge is 2.19. The van der Waals surface area contributed by atoms with Gasteiger partial charge in [-0.25, -0.2) is 4.79 Å². The molecule has 0 saturated heterocycles. The molecule has 1 aromatic carbocycles. The summed E-state index contributed by atoms with van der Waals surface area (Å²) >= 11 is 1.48. The van der Waals surface area contributed by atoms with Gasteiger partial charge in [-0.3, -0.25) is 0 Å². The number of ether oxygens (including phenoxy) is 1. The standard InChI is InChI=1S/C13H13NO3S/c1-17-11-4-2-10(3-5-11)14-12(13(15)16)9-6-7-18-8-9/h2-8,12,14H,1H3,(H,15,16). The number of anilines is 1. The van der Waals surface area contributed by atoms with Crippen LogP contribution in [0.5, 0.6) is 5.75 Å². The SMILES string of the molecule is COc1ccc(NC(C(=O)O)c2ccsc2)cc1. The largest absolute Gasteiger partial charge is 0.497 e. The number of hydrogen-bond acceptors (Lipinski definition) is 4. The van der Waals surface area contributed by atoms with E-state index in [4.69, 9.17) is 4.74 Å². The normalized spacial score (nSPS) is 11.8. The molecule has 1 unspecified atom stereocenters. The van der Waals surface area contributed by atoms with Gasteiger partial charge in [0.15, 0.2) is 6.04 Å². The van der Waals surface area contributed by atoms with E-state index in [1.165, 1.54) is 11.3 Å². The molecule has 4 nitrogen and oxygen atoms in total. The Morgan fingerprint density at radius 3 is 2.56 bits per heavy atom. The van der Waals surface area contributed by atoms with Crippen molar-refractivity contribution in [3.05, 3.63) is 46.7 Å². The number of aliphatic carboxylic acids is 1. The Hall–Kier alpha value is -2.01. The monoisotopic (exact) mass is 263 g/mol. The summed E-state index contributed by atoms with van der Waals surface area (Å²) in [6, 6.07) is 8.23. The summed E-state index contributed by atoms with van der Waals surface area (Å²) in [6.07, 6.45) is 0. The summed E-state index contributed by atoms with van der Waals surface area (Å²) in [5, 5.41) is 15.9. The van der Waals surface area contributed by atoms with E-state index in [1.807, 2.05) is 10.8 Å². The molecule has 0 bridgehead atoms. The average molecular weight is 263 g/mol. The van der Waals surface area contributed by atoms with E-state index >= 15 is 0 Å². The van der Waals surface area contributed by atoms with Crippen LogP contribution in [0.25, 0.3) is 0 Å². The van der Waals surface area contributed by atoms with Crippen molar-refractivity contribution in [2.75, 3.05) is 12.4 Å². The van der Waals surface area contributed by atoms with Crippen molar-refractivity contribution >= 4 is 23.0 Å². The van der Waals surface area contributed by atoms with Gasteiger partial charge in [0.25, 0.3) is 0 Å². The van der Waals surface area contributed by atoms with Crippen molar-refractivity contribution < 1.29 is 14.6 Å². The molecule has 0 fully saturated rings. The first-order chi connectivity index (χ1) is 8.70. The number of thiophene rings is 1. The molecule has 1 aromatic heterocycles. The van der Waals surface area contributed by atoms with Crippen molar-refractivity contribution in [3.8, 4) is 5.75 Å². The molecule has 18 heavy (non-hydrogen) atoms. The third-order valence-corrected chi connectivity index (χ3v) is 3.23. The number of methoxy groups -OCH3 is 1. The van der Waals surface area contributed by atoms with Crippen LogP contribution in [0, 0.1) is 0 Å². The van der Waals surface area contributed by atoms with Crippen molar-refractivity contribution in [1.82, 2.24) is 0 Å². The molecule has 0 saturated carbocycles. The van der Waals surface area contributed by atoms with E-state index in [1.54, 1.807) is 37.4 Å². The first-order valence-corrected chi connectivity index (χ1v) is 6.30. The second-order valence-electron chi connectivity index (χ2n) is 3.70. The topological polar surface area (TPSA) is 58.6 Å². The summed E-state index contributed by atoms with van der Waals surface area (Å²) in [5.74, 6) is -0.160. The first-order valence-electron chi connectivity index (χ1n) is 5.36. The first kappa shape index (κ1) is 12.4. The highest BCUT2D eigenvalue weighted by molar-refractivity contribution is 7.08. The smallest absolute Gasteiger partial charge is 0.330 e. The van der Waals surface area contributed by atoms with Crippen LogP contribution >= 0.6 is 11.3 Å². The zero-order valence-corrected chi connectivity index (χ0v) is 10.6. The van der Waals surface area contributed by atoms with Gasteiger partial charge in [0, 0.05) is 5.69 Å². The molecule has 2 N–H and O–H groups in total. The molecule has 1 heterocycles. The summed E-state index contributed by atoms with van der Waals surface area (Å²) in [4.78, 5) is 11.2. The molecule has 5 heteroatoms. The summed E-state index contributed by atoms with van der Waals surface area (Å²) in [7, 11) is 1.59. The lowest BCUT2D eigenvalue weighted by Gasteiger charge is -2.14. The maximum atomic E-state index is 11.2. The van der Waals surface area contributed by atoms with E-state index in [0.717, 1.165) is 17.0 Å². The second kappa shape index (κ2) is 5.55. The molecule has 0 aliphatic heterocycles. The number of carbonyl (C=O) groups is 1. The Kier molecular flexibility index (Phi) is 3.84. The van der Waals surface area contributed by atoms with Crippen LogP contribution in [-0.4, -0.2) is 18.2 Å². The summed E-state index contributed by atoms with van der Waals surface area (Å²) in [5.41, 5.74) is 1.50. The Balaban J connectivity index is 2.16. The number of rotatable bonds is 5. The van der Waals surface area contributed by atoms with Gasteiger partial charge in [-0.2, -0.15) is 11.3 Å². The molecule has 2 aromatic rings. The van der Waals surface area contributed by atoms with Crippen LogP contribution in [0.2, 0.25) is 0 Å². The quantitative estimate of drug-likeness (QED) is 0.870. The zero-order valence-electron chi connectivity index (χ0n) is 9.79. The minimum absolute atomic E-state index is 0.732. The molecule has 94 valence electrons. The Labute approximate surface area is 109 Å². The van der Waals surface area contributed by atoms with E-state index in [2.05, 4.69) is 5.32 Å². The van der Waals surface area contributed by atoms with E-state index in [0.29, 0.717) is 0 Å². The van der Waals surface area contributed by atoms with Crippen LogP contribution in [-0.2, 0) is 4.79 Å². The van der Waals surface area contributed by atoms with Gasteiger partial charge in [-0.05, 0) is 46.7 Å². The van der Waals surface area contributed by atoms with Crippen LogP contribution in [0.3, 0.4) is 0 Å². The van der Waals surface area contributed by atoms with Crippen LogP contribution in [0.4, 0.5) is 5.69 Å². The van der Waals surface area contributed by atoms with Crippen LogP contribution < -0.4 is 10.1 Å². The average Bonchev–Trinajstić information content (AvgIpc) is 2.90. The fraction of sp³-hybridized carbons (Fsp3) is 0.154. The van der Waals surface area contributed by atoms with Gasteiger partial charge in [-0.1, -0.05) is 0 Å². The predicted octanol–water partition coefficient (Wildman–Crippen LogP) is 2.99. The zero-order chi connectivity index (χ0) is 13.0. The number of carboxylic acid groups (broad SMARTS) is 1.